The van der Waals surface area contributed by atoms with Crippen LogP contribution >= 0.6 is 0 Å². The molecule has 0 spiro atoms. The highest BCUT2D eigenvalue weighted by Gasteiger charge is 2.34. The molecule has 26 heavy (non-hydrogen) atoms. The molecule has 2 rings (SSSR count). The Balaban J connectivity index is 1.86. The fourth-order valence-corrected chi connectivity index (χ4v) is 4.62. The van der Waals surface area contributed by atoms with Gasteiger partial charge in [-0.15, -0.1) is 0 Å². The molecular formula is C18H25NO6S. The molecule has 0 radical (unpaired) electrons. The van der Waals surface area contributed by atoms with Crippen molar-refractivity contribution in [1.82, 2.24) is 4.90 Å². The van der Waals surface area contributed by atoms with Gasteiger partial charge < -0.3 is 14.4 Å². The van der Waals surface area contributed by atoms with Crippen LogP contribution in [0.3, 0.4) is 0 Å². The summed E-state index contributed by atoms with van der Waals surface area (Å²) < 4.78 is 33.7. The first-order valence-electron chi connectivity index (χ1n) is 8.46. The minimum Gasteiger partial charge on any atom is -0.482 e. The van der Waals surface area contributed by atoms with Crippen molar-refractivity contribution in [3.63, 3.8) is 0 Å². The zero-order chi connectivity index (χ0) is 19.5. The number of rotatable bonds is 6. The normalized spacial score (nSPS) is 19.6. The first kappa shape index (κ1) is 20.2. The Morgan fingerprint density at radius 2 is 2.00 bits per heavy atom. The van der Waals surface area contributed by atoms with Crippen molar-refractivity contribution in [3.8, 4) is 5.75 Å². The number of benzene rings is 1. The maximum Gasteiger partial charge on any atom is 0.344 e. The van der Waals surface area contributed by atoms with Gasteiger partial charge in [-0.3, -0.25) is 4.79 Å². The summed E-state index contributed by atoms with van der Waals surface area (Å²) in [5.74, 6) is -0.459. The largest absolute Gasteiger partial charge is 0.482 e. The van der Waals surface area contributed by atoms with Crippen LogP contribution in [-0.4, -0.2) is 62.5 Å². The van der Waals surface area contributed by atoms with E-state index in [2.05, 4.69) is 0 Å². The van der Waals surface area contributed by atoms with Crippen LogP contribution in [0, 0.1) is 13.8 Å². The molecule has 1 aromatic rings. The number of ether oxygens (including phenoxy) is 2. The van der Waals surface area contributed by atoms with Gasteiger partial charge in [0.1, 0.15) is 5.75 Å². The topological polar surface area (TPSA) is 90.0 Å². The van der Waals surface area contributed by atoms with E-state index in [4.69, 9.17) is 9.47 Å². The Kier molecular flexibility index (Phi) is 6.28. The lowest BCUT2D eigenvalue weighted by molar-refractivity contribution is -0.160. The van der Waals surface area contributed by atoms with Gasteiger partial charge in [0.2, 0.25) is 0 Å². The minimum absolute atomic E-state index is 0.0499. The van der Waals surface area contributed by atoms with Crippen molar-refractivity contribution in [2.45, 2.75) is 39.3 Å². The van der Waals surface area contributed by atoms with E-state index >= 15 is 0 Å². The summed E-state index contributed by atoms with van der Waals surface area (Å²) in [7, 11) is -1.56. The smallest absolute Gasteiger partial charge is 0.344 e. The number of likely N-dealkylation sites (N-methyl/N-ethyl adjacent to an activating group) is 1. The standard InChI is InChI=1S/C18H25NO6S/c1-12-6-5-7-16(13(12)2)24-10-17(20)25-14(3)18(21)19(4)15-8-9-26(22,23)11-15/h5-7,14-15H,8-11H2,1-4H3/t14-,15-/m1/s1. The number of esters is 1. The fourth-order valence-electron chi connectivity index (χ4n) is 2.85. The Bertz CT molecular complexity index is 789. The van der Waals surface area contributed by atoms with Crippen molar-refractivity contribution in [3.05, 3.63) is 29.3 Å². The zero-order valence-corrected chi connectivity index (χ0v) is 16.3. The predicted molar refractivity (Wildman–Crippen MR) is 96.8 cm³/mol. The molecule has 7 nitrogen and oxygen atoms in total. The van der Waals surface area contributed by atoms with E-state index in [0.29, 0.717) is 12.2 Å². The van der Waals surface area contributed by atoms with Crippen LogP contribution in [0.15, 0.2) is 18.2 Å². The first-order chi connectivity index (χ1) is 12.1. The van der Waals surface area contributed by atoms with Crippen LogP contribution in [0.4, 0.5) is 0 Å². The summed E-state index contributed by atoms with van der Waals surface area (Å²) >= 11 is 0. The van der Waals surface area contributed by atoms with Gasteiger partial charge in [-0.25, -0.2) is 13.2 Å². The summed E-state index contributed by atoms with van der Waals surface area (Å²) in [5, 5.41) is 0. The molecule has 1 heterocycles. The van der Waals surface area contributed by atoms with Gasteiger partial charge in [0, 0.05) is 13.1 Å². The Morgan fingerprint density at radius 3 is 2.62 bits per heavy atom. The fraction of sp³-hybridized carbons (Fsp3) is 0.556. The number of amides is 1. The minimum atomic E-state index is -3.09. The van der Waals surface area contributed by atoms with Crippen LogP contribution < -0.4 is 4.74 Å². The van der Waals surface area contributed by atoms with Crippen LogP contribution in [0.1, 0.15) is 24.5 Å². The van der Waals surface area contributed by atoms with Crippen molar-refractivity contribution in [2.75, 3.05) is 25.2 Å². The van der Waals surface area contributed by atoms with Crippen LogP contribution in [0.2, 0.25) is 0 Å². The molecule has 0 unspecified atom stereocenters. The van der Waals surface area contributed by atoms with Crippen molar-refractivity contribution >= 4 is 21.7 Å². The van der Waals surface area contributed by atoms with Crippen LogP contribution in [-0.2, 0) is 24.2 Å². The van der Waals surface area contributed by atoms with Gasteiger partial charge in [-0.2, -0.15) is 0 Å². The number of carbonyl (C=O) groups excluding carboxylic acids is 2. The molecule has 1 aliphatic heterocycles. The summed E-state index contributed by atoms with van der Waals surface area (Å²) in [5.41, 5.74) is 1.99. The van der Waals surface area contributed by atoms with Crippen molar-refractivity contribution in [2.24, 2.45) is 0 Å². The van der Waals surface area contributed by atoms with E-state index in [0.717, 1.165) is 11.1 Å². The lowest BCUT2D eigenvalue weighted by Crippen LogP contribution is -2.44. The second kappa shape index (κ2) is 8.07. The van der Waals surface area contributed by atoms with Gasteiger partial charge in [0.15, 0.2) is 22.5 Å². The summed E-state index contributed by atoms with van der Waals surface area (Å²) in [6, 6.07) is 5.17. The second-order valence-corrected chi connectivity index (χ2v) is 8.85. The third kappa shape index (κ3) is 4.97. The highest BCUT2D eigenvalue weighted by atomic mass is 32.2. The number of carbonyl (C=O) groups is 2. The molecule has 144 valence electrons. The lowest BCUT2D eigenvalue weighted by Gasteiger charge is -2.26. The third-order valence-electron chi connectivity index (χ3n) is 4.66. The highest BCUT2D eigenvalue weighted by molar-refractivity contribution is 7.91. The molecule has 2 atom stereocenters. The summed E-state index contributed by atoms with van der Waals surface area (Å²) in [6.45, 7) is 5.01. The lowest BCUT2D eigenvalue weighted by atomic mass is 10.1. The quantitative estimate of drug-likeness (QED) is 0.687. The van der Waals surface area contributed by atoms with Gasteiger partial charge in [-0.05, 0) is 44.4 Å². The average molecular weight is 383 g/mol. The van der Waals surface area contributed by atoms with Gasteiger partial charge in [-0.1, -0.05) is 12.1 Å². The summed E-state index contributed by atoms with van der Waals surface area (Å²) in [4.78, 5) is 25.7. The third-order valence-corrected chi connectivity index (χ3v) is 6.41. The van der Waals surface area contributed by atoms with E-state index < -0.39 is 27.8 Å². The molecular weight excluding hydrogens is 358 g/mol. The molecule has 0 aromatic heterocycles. The first-order valence-corrected chi connectivity index (χ1v) is 10.3. The maximum absolute atomic E-state index is 12.4. The molecule has 0 bridgehead atoms. The number of sulfone groups is 1. The Hall–Kier alpha value is -2.09. The van der Waals surface area contributed by atoms with Crippen molar-refractivity contribution in [1.29, 1.82) is 0 Å². The molecule has 1 saturated heterocycles. The predicted octanol–water partition coefficient (Wildman–Crippen LogP) is 1.26. The highest BCUT2D eigenvalue weighted by Crippen LogP contribution is 2.21. The van der Waals surface area contributed by atoms with E-state index in [-0.39, 0.29) is 24.2 Å². The monoisotopic (exact) mass is 383 g/mol. The summed E-state index contributed by atoms with van der Waals surface area (Å²) in [6.07, 6.45) is -0.598. The Labute approximate surface area is 154 Å². The Morgan fingerprint density at radius 1 is 1.31 bits per heavy atom. The number of hydrogen-bond donors (Lipinski definition) is 0. The second-order valence-electron chi connectivity index (χ2n) is 6.62. The van der Waals surface area contributed by atoms with Gasteiger partial charge >= 0.3 is 5.97 Å². The van der Waals surface area contributed by atoms with Crippen LogP contribution in [0.25, 0.3) is 0 Å². The molecule has 1 aliphatic rings. The number of aryl methyl sites for hydroxylation is 1. The average Bonchev–Trinajstić information content (AvgIpc) is 2.94. The van der Waals surface area contributed by atoms with E-state index in [1.54, 1.807) is 6.07 Å². The van der Waals surface area contributed by atoms with E-state index in [1.165, 1.54) is 18.9 Å². The number of nitrogens with zero attached hydrogens (tertiary/aromatic N) is 1. The SMILES string of the molecule is Cc1cccc(OCC(=O)O[C@H](C)C(=O)N(C)[C@@H]2CCS(=O)(=O)C2)c1C. The molecule has 1 fully saturated rings. The van der Waals surface area contributed by atoms with Gasteiger partial charge in [0.05, 0.1) is 11.5 Å². The van der Waals surface area contributed by atoms with Crippen LogP contribution in [0.5, 0.6) is 5.75 Å². The van der Waals surface area contributed by atoms with E-state index in [9.17, 15) is 18.0 Å². The zero-order valence-electron chi connectivity index (χ0n) is 15.5. The molecule has 0 saturated carbocycles. The molecule has 8 heteroatoms. The molecule has 1 aromatic carbocycles. The number of hydrogen-bond acceptors (Lipinski definition) is 6. The molecule has 1 amide bonds. The van der Waals surface area contributed by atoms with Crippen molar-refractivity contribution < 1.29 is 27.5 Å². The van der Waals surface area contributed by atoms with E-state index in [1.807, 2.05) is 26.0 Å². The van der Waals surface area contributed by atoms with Gasteiger partial charge in [0.25, 0.3) is 5.91 Å². The maximum atomic E-state index is 12.4. The molecule has 0 N–H and O–H groups in total. The molecule has 0 aliphatic carbocycles.